The number of hydrogen-bond acceptors (Lipinski definition) is 2. The first-order chi connectivity index (χ1) is 29.0. The summed E-state index contributed by atoms with van der Waals surface area (Å²) in [6.45, 7) is 13.9. The van der Waals surface area contributed by atoms with E-state index in [0.717, 1.165) is 50.1 Å². The lowest BCUT2D eigenvalue weighted by atomic mass is 9.78. The molecule has 0 saturated carbocycles. The zero-order chi connectivity index (χ0) is 41.2. The second-order valence-electron chi connectivity index (χ2n) is 18.2. The molecule has 10 rings (SSSR count). The Morgan fingerprint density at radius 3 is 1.55 bits per heavy atom. The van der Waals surface area contributed by atoms with Crippen molar-refractivity contribution in [2.45, 2.75) is 52.4 Å². The van der Waals surface area contributed by atoms with Crippen molar-refractivity contribution in [3.05, 3.63) is 199 Å². The van der Waals surface area contributed by atoms with Gasteiger partial charge in [0.2, 0.25) is 0 Å². The van der Waals surface area contributed by atoms with E-state index >= 15 is 0 Å². The van der Waals surface area contributed by atoms with Gasteiger partial charge in [-0.25, -0.2) is 0 Å². The zero-order valence-corrected chi connectivity index (χ0v) is 35.3. The first-order valence-corrected chi connectivity index (χ1v) is 21.1. The van der Waals surface area contributed by atoms with Crippen LogP contribution in [0.3, 0.4) is 0 Å². The molecule has 0 bridgehead atoms. The standard InChI is InChI=1S/C58H49NO/c1-57(2,3)41-34-40(35-42(36-41)58(4,5)6)45-26-16-20-39-21-17-28-51(56(39)45)48-24-10-13-30-53(48)59(43-32-33-50-49-25-11-14-31-54(49)60-55(50)37-43)52-29-12-9-23-47(52)46-27-15-19-38-18-7-8-22-44(38)46/h7-37H,1-6H3. The zero-order valence-electron chi connectivity index (χ0n) is 35.3. The van der Waals surface area contributed by atoms with Crippen LogP contribution in [0, 0.1) is 0 Å². The summed E-state index contributed by atoms with van der Waals surface area (Å²) >= 11 is 0. The molecule has 0 fully saturated rings. The topological polar surface area (TPSA) is 16.4 Å². The Balaban J connectivity index is 1.25. The van der Waals surface area contributed by atoms with Crippen molar-refractivity contribution < 1.29 is 4.42 Å². The van der Waals surface area contributed by atoms with Crippen LogP contribution in [0.1, 0.15) is 52.7 Å². The molecule has 0 spiro atoms. The van der Waals surface area contributed by atoms with Crippen LogP contribution in [0.5, 0.6) is 0 Å². The number of fused-ring (bicyclic) bond motifs is 5. The summed E-state index contributed by atoms with van der Waals surface area (Å²) in [4.78, 5) is 2.44. The summed E-state index contributed by atoms with van der Waals surface area (Å²) in [5.41, 5.74) is 14.8. The lowest BCUT2D eigenvalue weighted by molar-refractivity contribution is 0.569. The minimum atomic E-state index is -0.00502. The van der Waals surface area contributed by atoms with E-state index in [9.17, 15) is 0 Å². The molecule has 2 heteroatoms. The predicted molar refractivity (Wildman–Crippen MR) is 257 cm³/mol. The largest absolute Gasteiger partial charge is 0.456 e. The molecule has 0 aliphatic rings. The van der Waals surface area contributed by atoms with Crippen LogP contribution in [0.4, 0.5) is 17.1 Å². The Labute approximate surface area is 353 Å². The lowest BCUT2D eigenvalue weighted by Gasteiger charge is -2.30. The molecule has 0 N–H and O–H groups in total. The summed E-state index contributed by atoms with van der Waals surface area (Å²) < 4.78 is 6.57. The molecule has 9 aromatic carbocycles. The van der Waals surface area contributed by atoms with E-state index in [4.69, 9.17) is 4.42 Å². The van der Waals surface area contributed by atoms with Gasteiger partial charge in [-0.15, -0.1) is 0 Å². The third kappa shape index (κ3) is 6.53. The highest BCUT2D eigenvalue weighted by Gasteiger charge is 2.25. The van der Waals surface area contributed by atoms with Crippen molar-refractivity contribution in [2.24, 2.45) is 0 Å². The predicted octanol–water partition coefficient (Wildman–Crippen LogP) is 17.0. The monoisotopic (exact) mass is 775 g/mol. The van der Waals surface area contributed by atoms with Gasteiger partial charge in [0.1, 0.15) is 11.2 Å². The first-order valence-electron chi connectivity index (χ1n) is 21.1. The Morgan fingerprint density at radius 1 is 0.367 bits per heavy atom. The third-order valence-corrected chi connectivity index (χ3v) is 12.2. The summed E-state index contributed by atoms with van der Waals surface area (Å²) in [6, 6.07) is 68.8. The van der Waals surface area contributed by atoms with Gasteiger partial charge in [0.05, 0.1) is 11.4 Å². The summed E-state index contributed by atoms with van der Waals surface area (Å²) in [5, 5.41) is 7.12. The second kappa shape index (κ2) is 14.4. The highest BCUT2D eigenvalue weighted by Crippen LogP contribution is 2.49. The second-order valence-corrected chi connectivity index (χ2v) is 18.2. The number of nitrogens with zero attached hydrogens (tertiary/aromatic N) is 1. The summed E-state index contributed by atoms with van der Waals surface area (Å²) in [6.07, 6.45) is 0. The van der Waals surface area contributed by atoms with Crippen LogP contribution in [0.2, 0.25) is 0 Å². The van der Waals surface area contributed by atoms with Gasteiger partial charge < -0.3 is 9.32 Å². The van der Waals surface area contributed by atoms with Crippen LogP contribution in [0.25, 0.3) is 76.9 Å². The van der Waals surface area contributed by atoms with Gasteiger partial charge in [-0.2, -0.15) is 0 Å². The average Bonchev–Trinajstić information content (AvgIpc) is 3.63. The molecule has 0 unspecified atom stereocenters. The van der Waals surface area contributed by atoms with Crippen molar-refractivity contribution >= 4 is 60.5 Å². The molecule has 0 aliphatic carbocycles. The van der Waals surface area contributed by atoms with E-state index in [2.05, 4.69) is 228 Å². The van der Waals surface area contributed by atoms with Crippen LogP contribution in [0.15, 0.2) is 192 Å². The molecule has 0 radical (unpaired) electrons. The smallest absolute Gasteiger partial charge is 0.137 e. The van der Waals surface area contributed by atoms with Crippen molar-refractivity contribution in [3.63, 3.8) is 0 Å². The fourth-order valence-corrected chi connectivity index (χ4v) is 8.97. The molecule has 1 aromatic heterocycles. The maximum Gasteiger partial charge on any atom is 0.137 e. The van der Waals surface area contributed by atoms with Gasteiger partial charge in [-0.1, -0.05) is 193 Å². The Bertz CT molecular complexity index is 3200. The quantitative estimate of drug-likeness (QED) is 0.167. The third-order valence-electron chi connectivity index (χ3n) is 12.2. The van der Waals surface area contributed by atoms with E-state index in [1.54, 1.807) is 0 Å². The molecule has 1 heterocycles. The van der Waals surface area contributed by atoms with E-state index in [0.29, 0.717) is 0 Å². The van der Waals surface area contributed by atoms with Gasteiger partial charge in [0.25, 0.3) is 0 Å². The molecular formula is C58H49NO. The van der Waals surface area contributed by atoms with Crippen molar-refractivity contribution in [3.8, 4) is 33.4 Å². The van der Waals surface area contributed by atoms with E-state index in [-0.39, 0.29) is 10.8 Å². The normalized spacial score (nSPS) is 12.2. The van der Waals surface area contributed by atoms with E-state index in [1.807, 2.05) is 6.07 Å². The SMILES string of the molecule is CC(C)(C)c1cc(-c2cccc3cccc(-c4ccccc4N(c4ccc5c(c4)oc4ccccc45)c4ccccc4-c4cccc5ccccc45)c23)cc(C(C)(C)C)c1. The molecule has 0 atom stereocenters. The van der Waals surface area contributed by atoms with Crippen LogP contribution in [-0.2, 0) is 10.8 Å². The summed E-state index contributed by atoms with van der Waals surface area (Å²) in [7, 11) is 0. The lowest BCUT2D eigenvalue weighted by Crippen LogP contribution is -2.16. The molecule has 10 aromatic rings. The number of benzene rings is 9. The molecule has 0 saturated heterocycles. The van der Waals surface area contributed by atoms with E-state index < -0.39 is 0 Å². The first kappa shape index (κ1) is 37.4. The molecule has 60 heavy (non-hydrogen) atoms. The minimum Gasteiger partial charge on any atom is -0.456 e. The Morgan fingerprint density at radius 2 is 0.867 bits per heavy atom. The van der Waals surface area contributed by atoms with Crippen LogP contribution < -0.4 is 4.90 Å². The van der Waals surface area contributed by atoms with Crippen molar-refractivity contribution in [2.75, 3.05) is 4.90 Å². The van der Waals surface area contributed by atoms with Crippen LogP contribution >= 0.6 is 0 Å². The molecular weight excluding hydrogens is 727 g/mol. The van der Waals surface area contributed by atoms with Crippen molar-refractivity contribution in [1.82, 2.24) is 0 Å². The molecule has 292 valence electrons. The molecule has 0 aliphatic heterocycles. The highest BCUT2D eigenvalue weighted by atomic mass is 16.3. The Kier molecular flexibility index (Phi) is 8.99. The number of hydrogen-bond donors (Lipinski definition) is 0. The minimum absolute atomic E-state index is 0.00502. The Hall–Kier alpha value is -6.90. The van der Waals surface area contributed by atoms with Crippen LogP contribution in [-0.4, -0.2) is 0 Å². The number of para-hydroxylation sites is 3. The van der Waals surface area contributed by atoms with Gasteiger partial charge in [0, 0.05) is 33.7 Å². The summed E-state index contributed by atoms with van der Waals surface area (Å²) in [5.74, 6) is 0. The molecule has 2 nitrogen and oxygen atoms in total. The van der Waals surface area contributed by atoms with Gasteiger partial charge in [-0.3, -0.25) is 0 Å². The van der Waals surface area contributed by atoms with Gasteiger partial charge >= 0.3 is 0 Å². The number of rotatable bonds is 6. The molecule has 0 amide bonds. The average molecular weight is 776 g/mol. The fourth-order valence-electron chi connectivity index (χ4n) is 8.97. The maximum atomic E-state index is 6.57. The highest BCUT2D eigenvalue weighted by molar-refractivity contribution is 6.11. The fraction of sp³-hybridized carbons (Fsp3) is 0.138. The number of anilines is 3. The number of furan rings is 1. The van der Waals surface area contributed by atoms with E-state index in [1.165, 1.54) is 54.9 Å². The maximum absolute atomic E-state index is 6.57. The van der Waals surface area contributed by atoms with Crippen molar-refractivity contribution in [1.29, 1.82) is 0 Å². The van der Waals surface area contributed by atoms with Gasteiger partial charge in [0.15, 0.2) is 0 Å². The van der Waals surface area contributed by atoms with Gasteiger partial charge in [-0.05, 0) is 96.1 Å².